The maximum Gasteiger partial charge on any atom is 0.0823 e. The molecule has 1 aromatic heterocycles. The van der Waals surface area contributed by atoms with Crippen LogP contribution in [-0.2, 0) is 0 Å². The minimum atomic E-state index is -0.328. The Kier molecular flexibility index (Phi) is 4.21. The summed E-state index contributed by atoms with van der Waals surface area (Å²) in [4.78, 5) is 0. The zero-order chi connectivity index (χ0) is 12.3. The molecule has 1 N–H and O–H groups in total. The van der Waals surface area contributed by atoms with E-state index in [1.165, 1.54) is 32.1 Å². The van der Waals surface area contributed by atoms with Gasteiger partial charge in [-0.15, -0.1) is 0 Å². The first kappa shape index (κ1) is 12.6. The topological polar surface area (TPSA) is 38.0 Å². The summed E-state index contributed by atoms with van der Waals surface area (Å²) in [6.45, 7) is 4.20. The van der Waals surface area contributed by atoms with Crippen molar-refractivity contribution >= 4 is 0 Å². The van der Waals surface area contributed by atoms with Crippen LogP contribution < -0.4 is 0 Å². The third-order valence-corrected chi connectivity index (χ3v) is 3.82. The van der Waals surface area contributed by atoms with Crippen LogP contribution in [0.15, 0.2) is 12.4 Å². The van der Waals surface area contributed by atoms with Crippen LogP contribution in [-0.4, -0.2) is 14.9 Å². The van der Waals surface area contributed by atoms with Crippen molar-refractivity contribution in [3.63, 3.8) is 0 Å². The van der Waals surface area contributed by atoms with Gasteiger partial charge in [-0.1, -0.05) is 32.1 Å². The molecule has 1 aromatic rings. The van der Waals surface area contributed by atoms with Gasteiger partial charge in [-0.05, 0) is 26.2 Å². The number of nitrogens with zero attached hydrogens (tertiary/aromatic N) is 2. The lowest BCUT2D eigenvalue weighted by atomic mass is 9.84. The van der Waals surface area contributed by atoms with Crippen LogP contribution in [0.1, 0.15) is 70.1 Å². The van der Waals surface area contributed by atoms with Crippen LogP contribution in [0.25, 0.3) is 0 Å². The molecule has 1 heterocycles. The summed E-state index contributed by atoms with van der Waals surface area (Å²) in [5.41, 5.74) is 0.976. The Morgan fingerprint density at radius 2 is 2.06 bits per heavy atom. The first-order chi connectivity index (χ1) is 8.16. The fourth-order valence-corrected chi connectivity index (χ4v) is 2.68. The highest BCUT2D eigenvalue weighted by atomic mass is 16.3. The Bertz CT molecular complexity index is 340. The van der Waals surface area contributed by atoms with Gasteiger partial charge in [-0.3, -0.25) is 4.68 Å². The lowest BCUT2D eigenvalue weighted by molar-refractivity contribution is 0.131. The van der Waals surface area contributed by atoms with Crippen molar-refractivity contribution in [3.05, 3.63) is 18.0 Å². The molecule has 0 saturated heterocycles. The molecule has 1 fully saturated rings. The zero-order valence-corrected chi connectivity index (χ0v) is 11.0. The maximum atomic E-state index is 10.2. The number of rotatable bonds is 4. The fourth-order valence-electron chi connectivity index (χ4n) is 2.68. The molecule has 3 nitrogen and oxygen atoms in total. The Balaban J connectivity index is 1.91. The van der Waals surface area contributed by atoms with Crippen molar-refractivity contribution in [2.24, 2.45) is 5.92 Å². The minimum Gasteiger partial charge on any atom is -0.388 e. The molecular weight excluding hydrogens is 212 g/mol. The Hall–Kier alpha value is -0.830. The molecule has 0 bridgehead atoms. The predicted octanol–water partition coefficient (Wildman–Crippen LogP) is 3.47. The summed E-state index contributed by atoms with van der Waals surface area (Å²) < 4.78 is 1.92. The monoisotopic (exact) mass is 236 g/mol. The molecule has 2 rings (SSSR count). The van der Waals surface area contributed by atoms with Crippen LogP contribution in [0.3, 0.4) is 0 Å². The SMILES string of the molecule is CC(C)n1cc(C(O)CC2CCCCC2)cn1. The number of aliphatic hydroxyl groups excluding tert-OH is 1. The molecule has 0 amide bonds. The first-order valence-electron chi connectivity index (χ1n) is 6.89. The van der Waals surface area contributed by atoms with Gasteiger partial charge in [0.15, 0.2) is 0 Å². The summed E-state index contributed by atoms with van der Waals surface area (Å²) in [6, 6.07) is 0.366. The molecule has 1 aliphatic rings. The highest BCUT2D eigenvalue weighted by Crippen LogP contribution is 2.31. The molecule has 3 heteroatoms. The average molecular weight is 236 g/mol. The molecule has 1 saturated carbocycles. The third kappa shape index (κ3) is 3.32. The van der Waals surface area contributed by atoms with Gasteiger partial charge in [0.1, 0.15) is 0 Å². The van der Waals surface area contributed by atoms with Crippen LogP contribution in [0, 0.1) is 5.92 Å². The van der Waals surface area contributed by atoms with Crippen molar-refractivity contribution in [2.75, 3.05) is 0 Å². The second-order valence-corrected chi connectivity index (χ2v) is 5.60. The summed E-state index contributed by atoms with van der Waals surface area (Å²) in [6.07, 6.45) is 11.0. The van der Waals surface area contributed by atoms with E-state index in [4.69, 9.17) is 0 Å². The molecule has 1 aliphatic carbocycles. The van der Waals surface area contributed by atoms with Gasteiger partial charge in [0.2, 0.25) is 0 Å². The maximum absolute atomic E-state index is 10.2. The molecular formula is C14H24N2O. The van der Waals surface area contributed by atoms with Crippen molar-refractivity contribution in [1.29, 1.82) is 0 Å². The summed E-state index contributed by atoms with van der Waals surface area (Å²) in [7, 11) is 0. The van der Waals surface area contributed by atoms with E-state index in [9.17, 15) is 5.11 Å². The zero-order valence-electron chi connectivity index (χ0n) is 11.0. The van der Waals surface area contributed by atoms with E-state index >= 15 is 0 Å². The van der Waals surface area contributed by atoms with E-state index < -0.39 is 0 Å². The number of hydrogen-bond acceptors (Lipinski definition) is 2. The van der Waals surface area contributed by atoms with Gasteiger partial charge in [0.25, 0.3) is 0 Å². The second kappa shape index (κ2) is 5.67. The van der Waals surface area contributed by atoms with Crippen molar-refractivity contribution < 1.29 is 5.11 Å². The highest BCUT2D eigenvalue weighted by molar-refractivity contribution is 5.08. The second-order valence-electron chi connectivity index (χ2n) is 5.60. The van der Waals surface area contributed by atoms with Gasteiger partial charge in [0, 0.05) is 17.8 Å². The number of aromatic nitrogens is 2. The van der Waals surface area contributed by atoms with Crippen LogP contribution >= 0.6 is 0 Å². The third-order valence-electron chi connectivity index (χ3n) is 3.82. The van der Waals surface area contributed by atoms with Gasteiger partial charge in [-0.25, -0.2) is 0 Å². The molecule has 0 aromatic carbocycles. The smallest absolute Gasteiger partial charge is 0.0823 e. The highest BCUT2D eigenvalue weighted by Gasteiger charge is 2.19. The first-order valence-corrected chi connectivity index (χ1v) is 6.89. The lowest BCUT2D eigenvalue weighted by Crippen LogP contribution is -2.10. The normalized spacial score (nSPS) is 19.8. The van der Waals surface area contributed by atoms with Crippen LogP contribution in [0.4, 0.5) is 0 Å². The summed E-state index contributed by atoms with van der Waals surface area (Å²) >= 11 is 0. The van der Waals surface area contributed by atoms with E-state index in [2.05, 4.69) is 18.9 Å². The van der Waals surface area contributed by atoms with Gasteiger partial charge < -0.3 is 5.11 Å². The van der Waals surface area contributed by atoms with Crippen molar-refractivity contribution in [2.45, 2.75) is 64.5 Å². The molecule has 1 atom stereocenters. The van der Waals surface area contributed by atoms with E-state index in [0.29, 0.717) is 12.0 Å². The molecule has 0 spiro atoms. The summed E-state index contributed by atoms with van der Waals surface area (Å²) in [5, 5.41) is 14.5. The van der Waals surface area contributed by atoms with E-state index in [1.54, 1.807) is 0 Å². The van der Waals surface area contributed by atoms with Crippen LogP contribution in [0.2, 0.25) is 0 Å². The number of hydrogen-bond donors (Lipinski definition) is 1. The fraction of sp³-hybridized carbons (Fsp3) is 0.786. The largest absolute Gasteiger partial charge is 0.388 e. The van der Waals surface area contributed by atoms with Gasteiger partial charge in [0.05, 0.1) is 12.3 Å². The molecule has 0 radical (unpaired) electrons. The summed E-state index contributed by atoms with van der Waals surface area (Å²) in [5.74, 6) is 0.709. The predicted molar refractivity (Wildman–Crippen MR) is 68.8 cm³/mol. The lowest BCUT2D eigenvalue weighted by Gasteiger charge is -2.23. The standard InChI is InChI=1S/C14H24N2O/c1-11(2)16-10-13(9-15-16)14(17)8-12-6-4-3-5-7-12/h9-12,14,17H,3-8H2,1-2H3. The Morgan fingerprint density at radius 1 is 1.35 bits per heavy atom. The van der Waals surface area contributed by atoms with Crippen molar-refractivity contribution in [3.8, 4) is 0 Å². The molecule has 96 valence electrons. The van der Waals surface area contributed by atoms with Gasteiger partial charge >= 0.3 is 0 Å². The quantitative estimate of drug-likeness (QED) is 0.869. The molecule has 17 heavy (non-hydrogen) atoms. The average Bonchev–Trinajstić information content (AvgIpc) is 2.79. The van der Waals surface area contributed by atoms with E-state index in [0.717, 1.165) is 12.0 Å². The van der Waals surface area contributed by atoms with Crippen LogP contribution in [0.5, 0.6) is 0 Å². The molecule has 1 unspecified atom stereocenters. The molecule has 0 aliphatic heterocycles. The van der Waals surface area contributed by atoms with E-state index in [1.807, 2.05) is 17.1 Å². The minimum absolute atomic E-state index is 0.328. The Labute approximate surface area is 104 Å². The van der Waals surface area contributed by atoms with Gasteiger partial charge in [-0.2, -0.15) is 5.10 Å². The van der Waals surface area contributed by atoms with Crippen molar-refractivity contribution in [1.82, 2.24) is 9.78 Å². The Morgan fingerprint density at radius 3 is 2.65 bits per heavy atom. The van der Waals surface area contributed by atoms with E-state index in [-0.39, 0.29) is 6.10 Å². The number of aliphatic hydroxyl groups is 1.